The first-order chi connectivity index (χ1) is 9.21. The first-order valence-corrected chi connectivity index (χ1v) is 6.71. The minimum atomic E-state index is 0.0946. The molecule has 5 nitrogen and oxygen atoms in total. The van der Waals surface area contributed by atoms with Gasteiger partial charge in [-0.05, 0) is 12.1 Å². The number of rotatable bonds is 6. The molecule has 0 saturated carbocycles. The first kappa shape index (κ1) is 13.9. The molecule has 0 amide bonds. The van der Waals surface area contributed by atoms with Crippen LogP contribution in [0.25, 0.3) is 0 Å². The average molecular weight is 326 g/mol. The van der Waals surface area contributed by atoms with Gasteiger partial charge in [0.2, 0.25) is 0 Å². The van der Waals surface area contributed by atoms with Crippen LogP contribution in [0.3, 0.4) is 0 Å². The number of benzene rings is 1. The lowest BCUT2D eigenvalue weighted by Gasteiger charge is -2.08. The Balaban J connectivity index is 1.99. The van der Waals surface area contributed by atoms with Crippen LogP contribution in [-0.4, -0.2) is 28.6 Å². The fourth-order valence-corrected chi connectivity index (χ4v) is 2.18. The number of nitrogens with zero attached hydrogens (tertiary/aromatic N) is 2. The molecule has 1 heterocycles. The summed E-state index contributed by atoms with van der Waals surface area (Å²) in [6.45, 7) is 1.28. The summed E-state index contributed by atoms with van der Waals surface area (Å²) in [5.41, 5.74) is 2.04. The third kappa shape index (κ3) is 3.97. The molecule has 2 aromatic rings. The maximum absolute atomic E-state index is 8.83. The maximum atomic E-state index is 8.83. The fourth-order valence-electron chi connectivity index (χ4n) is 1.71. The molecule has 0 aliphatic rings. The van der Waals surface area contributed by atoms with E-state index in [4.69, 9.17) is 9.84 Å². The molecule has 1 aromatic heterocycles. The molecule has 0 atom stereocenters. The molecule has 6 heteroatoms. The molecular formula is C13H16BrN3O2. The second-order valence-electron chi connectivity index (χ2n) is 4.07. The van der Waals surface area contributed by atoms with Crippen LogP contribution >= 0.6 is 15.9 Å². The molecule has 0 aliphatic heterocycles. The zero-order valence-electron chi connectivity index (χ0n) is 10.6. The summed E-state index contributed by atoms with van der Waals surface area (Å²) in [5.74, 6) is 0.799. The first-order valence-electron chi connectivity index (χ1n) is 5.92. The van der Waals surface area contributed by atoms with E-state index in [0.717, 1.165) is 21.5 Å². The van der Waals surface area contributed by atoms with Crippen LogP contribution in [0.4, 0.5) is 5.69 Å². The van der Waals surface area contributed by atoms with Crippen LogP contribution in [-0.2, 0) is 13.1 Å². The molecule has 102 valence electrons. The van der Waals surface area contributed by atoms with E-state index in [1.54, 1.807) is 18.0 Å². The topological polar surface area (TPSA) is 59.3 Å². The van der Waals surface area contributed by atoms with E-state index < -0.39 is 0 Å². The third-order valence-electron chi connectivity index (χ3n) is 2.62. The number of anilines is 1. The van der Waals surface area contributed by atoms with Crippen LogP contribution in [0.5, 0.6) is 5.75 Å². The molecule has 2 N–H and O–H groups in total. The largest absolute Gasteiger partial charge is 0.497 e. The normalized spacial score (nSPS) is 10.5. The van der Waals surface area contributed by atoms with Crippen molar-refractivity contribution in [2.75, 3.05) is 19.0 Å². The second-order valence-corrected chi connectivity index (χ2v) is 4.98. The van der Waals surface area contributed by atoms with Gasteiger partial charge in [0.15, 0.2) is 0 Å². The lowest BCUT2D eigenvalue weighted by Crippen LogP contribution is -2.02. The summed E-state index contributed by atoms with van der Waals surface area (Å²) >= 11 is 3.44. The van der Waals surface area contributed by atoms with Gasteiger partial charge in [0.25, 0.3) is 0 Å². The van der Waals surface area contributed by atoms with Crippen molar-refractivity contribution in [3.8, 4) is 5.75 Å². The van der Waals surface area contributed by atoms with Crippen molar-refractivity contribution in [2.24, 2.45) is 0 Å². The average Bonchev–Trinajstić information content (AvgIpc) is 2.84. The van der Waals surface area contributed by atoms with E-state index in [0.29, 0.717) is 13.1 Å². The van der Waals surface area contributed by atoms with Crippen molar-refractivity contribution >= 4 is 21.6 Å². The smallest absolute Gasteiger partial charge is 0.122 e. The van der Waals surface area contributed by atoms with Crippen molar-refractivity contribution in [3.05, 3.63) is 40.6 Å². The summed E-state index contributed by atoms with van der Waals surface area (Å²) in [6, 6.07) is 5.83. The molecule has 0 unspecified atom stereocenters. The lowest BCUT2D eigenvalue weighted by molar-refractivity contribution is 0.269. The zero-order chi connectivity index (χ0) is 13.7. The Morgan fingerprint density at radius 2 is 2.26 bits per heavy atom. The molecule has 0 radical (unpaired) electrons. The van der Waals surface area contributed by atoms with Gasteiger partial charge in [0.05, 0.1) is 26.5 Å². The number of halogens is 1. The van der Waals surface area contributed by atoms with E-state index in [9.17, 15) is 0 Å². The number of hydrogen-bond donors (Lipinski definition) is 2. The standard InChI is InChI=1S/C13H16BrN3O2/c1-19-13-5-11(14)4-12(6-13)15-7-10-8-16-17(9-10)2-3-18/h4-6,8-9,15,18H,2-3,7H2,1H3. The Hall–Kier alpha value is -1.53. The minimum Gasteiger partial charge on any atom is -0.497 e. The van der Waals surface area contributed by atoms with Crippen LogP contribution in [0, 0.1) is 0 Å². The molecule has 0 aliphatic carbocycles. The summed E-state index contributed by atoms with van der Waals surface area (Å²) < 4.78 is 7.89. The quantitative estimate of drug-likeness (QED) is 0.855. The van der Waals surface area contributed by atoms with Gasteiger partial charge in [0.1, 0.15) is 5.75 Å². The zero-order valence-corrected chi connectivity index (χ0v) is 12.2. The number of aromatic nitrogens is 2. The van der Waals surface area contributed by atoms with Gasteiger partial charge in [-0.2, -0.15) is 5.10 Å². The highest BCUT2D eigenvalue weighted by Crippen LogP contribution is 2.24. The Labute approximate surface area is 120 Å². The van der Waals surface area contributed by atoms with Gasteiger partial charge >= 0.3 is 0 Å². The monoisotopic (exact) mass is 325 g/mol. The van der Waals surface area contributed by atoms with Gasteiger partial charge in [-0.1, -0.05) is 15.9 Å². The van der Waals surface area contributed by atoms with Gasteiger partial charge < -0.3 is 15.2 Å². The molecular weight excluding hydrogens is 310 g/mol. The maximum Gasteiger partial charge on any atom is 0.122 e. The SMILES string of the molecule is COc1cc(Br)cc(NCc2cnn(CCO)c2)c1. The Kier molecular flexibility index (Phi) is 4.81. The van der Waals surface area contributed by atoms with Crippen LogP contribution < -0.4 is 10.1 Å². The van der Waals surface area contributed by atoms with Gasteiger partial charge in [-0.3, -0.25) is 4.68 Å². The number of nitrogens with one attached hydrogen (secondary N) is 1. The van der Waals surface area contributed by atoms with E-state index in [1.165, 1.54) is 0 Å². The highest BCUT2D eigenvalue weighted by atomic mass is 79.9. The summed E-state index contributed by atoms with van der Waals surface area (Å²) in [5, 5.41) is 16.3. The number of methoxy groups -OCH3 is 1. The van der Waals surface area contributed by atoms with E-state index in [-0.39, 0.29) is 6.61 Å². The van der Waals surface area contributed by atoms with Crippen molar-refractivity contribution < 1.29 is 9.84 Å². The molecule has 2 rings (SSSR count). The highest BCUT2D eigenvalue weighted by Gasteiger charge is 2.01. The molecule has 19 heavy (non-hydrogen) atoms. The van der Waals surface area contributed by atoms with Crippen molar-refractivity contribution in [1.82, 2.24) is 9.78 Å². The Morgan fingerprint density at radius 1 is 1.42 bits per heavy atom. The number of hydrogen-bond acceptors (Lipinski definition) is 4. The highest BCUT2D eigenvalue weighted by molar-refractivity contribution is 9.10. The van der Waals surface area contributed by atoms with Gasteiger partial charge in [-0.15, -0.1) is 0 Å². The third-order valence-corrected chi connectivity index (χ3v) is 3.08. The second kappa shape index (κ2) is 6.58. The number of ether oxygens (including phenoxy) is 1. The summed E-state index contributed by atoms with van der Waals surface area (Å²) in [4.78, 5) is 0. The predicted octanol–water partition coefficient (Wildman–Crippen LogP) is 2.26. The molecule has 0 bridgehead atoms. The van der Waals surface area contributed by atoms with Crippen LogP contribution in [0.15, 0.2) is 35.1 Å². The molecule has 0 fully saturated rings. The van der Waals surface area contributed by atoms with E-state index >= 15 is 0 Å². The number of aliphatic hydroxyl groups is 1. The van der Waals surface area contributed by atoms with Crippen molar-refractivity contribution in [2.45, 2.75) is 13.1 Å². The van der Waals surface area contributed by atoms with E-state index in [2.05, 4.69) is 26.3 Å². The van der Waals surface area contributed by atoms with Crippen LogP contribution in [0.1, 0.15) is 5.56 Å². The van der Waals surface area contributed by atoms with Crippen LogP contribution in [0.2, 0.25) is 0 Å². The minimum absolute atomic E-state index is 0.0946. The molecule has 1 aromatic carbocycles. The fraction of sp³-hybridized carbons (Fsp3) is 0.308. The van der Waals surface area contributed by atoms with E-state index in [1.807, 2.05) is 24.4 Å². The molecule has 0 spiro atoms. The lowest BCUT2D eigenvalue weighted by atomic mass is 10.3. The van der Waals surface area contributed by atoms with Gasteiger partial charge in [0, 0.05) is 34.5 Å². The predicted molar refractivity (Wildman–Crippen MR) is 77.3 cm³/mol. The summed E-state index contributed by atoms with van der Waals surface area (Å²) in [6.07, 6.45) is 3.70. The number of aliphatic hydroxyl groups excluding tert-OH is 1. The summed E-state index contributed by atoms with van der Waals surface area (Å²) in [7, 11) is 1.64. The van der Waals surface area contributed by atoms with Crippen molar-refractivity contribution in [1.29, 1.82) is 0 Å². The molecule has 0 saturated heterocycles. The van der Waals surface area contributed by atoms with Crippen molar-refractivity contribution in [3.63, 3.8) is 0 Å². The Bertz CT molecular complexity index is 542. The van der Waals surface area contributed by atoms with Gasteiger partial charge in [-0.25, -0.2) is 0 Å². The Morgan fingerprint density at radius 3 is 3.00 bits per heavy atom.